The van der Waals surface area contributed by atoms with Crippen molar-refractivity contribution >= 4 is 36.0 Å². The Labute approximate surface area is 433 Å². The lowest BCUT2D eigenvalue weighted by Crippen LogP contribution is -2.49. The van der Waals surface area contributed by atoms with Crippen molar-refractivity contribution in [3.8, 4) is 0 Å². The van der Waals surface area contributed by atoms with Crippen molar-refractivity contribution in [3.63, 3.8) is 0 Å². The molecular weight excluding hydrogens is 924 g/mol. The fourth-order valence-electron chi connectivity index (χ4n) is 7.98. The van der Waals surface area contributed by atoms with Gasteiger partial charge in [-0.2, -0.15) is 0 Å². The molecule has 0 bridgehead atoms. The molecule has 2 amide bonds. The number of halogens is 1. The third-order valence-electron chi connectivity index (χ3n) is 12.2. The van der Waals surface area contributed by atoms with E-state index in [1.165, 1.54) is 22.3 Å². The molecule has 1 saturated heterocycles. The molecule has 72 heavy (non-hydrogen) atoms. The fraction of sp³-hybridized carbons (Fsp3) is 0.673. The molecule has 414 valence electrons. The summed E-state index contributed by atoms with van der Waals surface area (Å²) < 4.78 is 9.50. The number of carboxylic acids is 3. The molecule has 1 heterocycles. The summed E-state index contributed by atoms with van der Waals surface area (Å²) in [6, 6.07) is 17.0. The number of benzene rings is 2. The molecule has 3 rings (SSSR count). The van der Waals surface area contributed by atoms with E-state index in [2.05, 4.69) is 102 Å². The van der Waals surface area contributed by atoms with Crippen LogP contribution in [0.1, 0.15) is 130 Å². The van der Waals surface area contributed by atoms with Crippen LogP contribution < -0.4 is 5.32 Å². The van der Waals surface area contributed by atoms with E-state index in [9.17, 15) is 33.2 Å². The molecule has 1 atom stereocenters. The summed E-state index contributed by atoms with van der Waals surface area (Å²) in [6.45, 7) is 26.5. The van der Waals surface area contributed by atoms with E-state index >= 15 is 0 Å². The van der Waals surface area contributed by atoms with Crippen molar-refractivity contribution in [2.45, 2.75) is 145 Å². The smallest absolute Gasteiger partial charge is 0.317 e. The Bertz CT molecular complexity index is 1720. The van der Waals surface area contributed by atoms with Crippen LogP contribution in [0.3, 0.4) is 0 Å². The van der Waals surface area contributed by atoms with Crippen molar-refractivity contribution < 1.29 is 53.6 Å². The Morgan fingerprint density at radius 1 is 0.611 bits per heavy atom. The summed E-state index contributed by atoms with van der Waals surface area (Å²) in [5, 5.41) is 37.5. The van der Waals surface area contributed by atoms with Crippen molar-refractivity contribution in [2.75, 3.05) is 99.4 Å². The van der Waals surface area contributed by atoms with Crippen molar-refractivity contribution in [1.82, 2.24) is 29.8 Å². The van der Waals surface area contributed by atoms with Crippen molar-refractivity contribution in [3.05, 3.63) is 70.8 Å². The Hall–Kier alpha value is -4.81. The predicted molar refractivity (Wildman–Crippen MR) is 288 cm³/mol. The molecule has 2 aromatic carbocycles. The van der Waals surface area contributed by atoms with Crippen LogP contribution in [0.2, 0.25) is 0 Å². The largest absolute Gasteiger partial charge is 0.480 e. The van der Waals surface area contributed by atoms with Crippen LogP contribution in [0.15, 0.2) is 48.5 Å². The molecule has 2 aromatic rings. The van der Waals surface area contributed by atoms with Crippen LogP contribution in [-0.4, -0.2) is 191 Å². The average molecular weight is 1020 g/mol. The summed E-state index contributed by atoms with van der Waals surface area (Å²) in [7, 11) is 1.50. The number of carboxylic acid groups (broad SMARTS) is 3. The monoisotopic (exact) mass is 1020 g/mol. The lowest BCUT2D eigenvalue weighted by molar-refractivity contribution is -0.140. The maximum atomic E-state index is 13.1. The number of hydrogen-bond donors (Lipinski definition) is 5. The van der Waals surface area contributed by atoms with E-state index in [0.29, 0.717) is 78.9 Å². The summed E-state index contributed by atoms with van der Waals surface area (Å²) >= 11 is 0. The Morgan fingerprint density at radius 2 is 0.986 bits per heavy atom. The number of carbonyl (C=O) groups is 6. The van der Waals surface area contributed by atoms with Crippen LogP contribution in [0, 0.1) is 13.8 Å². The predicted octanol–water partition coefficient (Wildman–Crippen LogP) is 7.25. The zero-order valence-electron chi connectivity index (χ0n) is 46.6. The van der Waals surface area contributed by atoms with Gasteiger partial charge >= 0.3 is 17.9 Å². The van der Waals surface area contributed by atoms with E-state index in [4.69, 9.17) is 20.4 Å². The fourth-order valence-corrected chi connectivity index (χ4v) is 7.98. The minimum Gasteiger partial charge on any atom is -0.480 e. The highest BCUT2D eigenvalue weighted by Crippen LogP contribution is 2.27. The average Bonchev–Trinajstić information content (AvgIpc) is 3.35. The van der Waals surface area contributed by atoms with Gasteiger partial charge in [0.25, 0.3) is 0 Å². The third-order valence-corrected chi connectivity index (χ3v) is 12.2. The standard InChI is InChI=1S/C33H50N2O2.C16H28N4O7.2C2H6.CH3F.CH4O/c1-8-33(7,34-30(36)13-10-12-28-18-14-26(3)15-19-28)25-11-24-32(5,6)35(9-2)31(37)23-22-29-20-16-27(4)17-21-29;21-10-9-17-1-3-18(11-14(22)23)5-7-20(13-16(26)27)8-6-19(4-2-17)12-15(24)25;4*1-2/h14-21H,8-13,22-25H2,1-7H3,(H,34,36);10H,1-9,11-13H2,(H,22,23)(H,24,25)(H,26,27);2*1-2H3;1H3;2H,1H3. The van der Waals surface area contributed by atoms with Crippen LogP contribution in [0.5, 0.6) is 0 Å². The van der Waals surface area contributed by atoms with Gasteiger partial charge in [-0.3, -0.25) is 48.0 Å². The van der Waals surface area contributed by atoms with Crippen LogP contribution in [0.4, 0.5) is 4.39 Å². The zero-order chi connectivity index (χ0) is 55.7. The number of hydrogen-bond acceptors (Lipinski definition) is 11. The Morgan fingerprint density at radius 3 is 1.33 bits per heavy atom. The summed E-state index contributed by atoms with van der Waals surface area (Å²) in [5.74, 6) is -2.58. The van der Waals surface area contributed by atoms with Crippen LogP contribution >= 0.6 is 0 Å². The lowest BCUT2D eigenvalue weighted by Gasteiger charge is -2.39. The molecule has 16 nitrogen and oxygen atoms in total. The van der Waals surface area contributed by atoms with Crippen LogP contribution in [0.25, 0.3) is 0 Å². The van der Waals surface area contributed by atoms with Gasteiger partial charge in [-0.1, -0.05) is 94.3 Å². The van der Waals surface area contributed by atoms with Gasteiger partial charge in [0, 0.05) is 89.9 Å². The number of aryl methyl sites for hydroxylation is 4. The molecule has 0 aromatic heterocycles. The molecular formula is C55H97FN6O10. The van der Waals surface area contributed by atoms with Gasteiger partial charge in [-0.05, 0) is 97.6 Å². The topological polar surface area (TPSA) is 212 Å². The molecule has 1 unspecified atom stereocenters. The number of nitrogens with zero attached hydrogens (tertiary/aromatic N) is 5. The van der Waals surface area contributed by atoms with E-state index in [1.54, 1.807) is 14.7 Å². The molecule has 0 aliphatic carbocycles. The van der Waals surface area contributed by atoms with Gasteiger partial charge in [0.1, 0.15) is 6.29 Å². The first-order chi connectivity index (χ1) is 34.3. The number of aliphatic hydroxyl groups excluding tert-OH is 1. The van der Waals surface area contributed by atoms with E-state index in [-0.39, 0.29) is 49.1 Å². The number of aliphatic hydroxyl groups is 1. The molecule has 1 aliphatic rings. The van der Waals surface area contributed by atoms with Gasteiger partial charge < -0.3 is 35.4 Å². The summed E-state index contributed by atoms with van der Waals surface area (Å²) in [5.41, 5.74) is 4.56. The summed E-state index contributed by atoms with van der Waals surface area (Å²) in [6.07, 6.45) is 8.08. The van der Waals surface area contributed by atoms with E-state index < -0.39 is 17.9 Å². The minimum atomic E-state index is -0.992. The normalized spacial score (nSPS) is 14.5. The van der Waals surface area contributed by atoms with Gasteiger partial charge in [-0.25, -0.2) is 0 Å². The van der Waals surface area contributed by atoms with Gasteiger partial charge in [0.05, 0.1) is 33.4 Å². The molecule has 0 radical (unpaired) electrons. The number of aldehydes is 1. The first-order valence-electron chi connectivity index (χ1n) is 25.8. The quantitative estimate of drug-likeness (QED) is 0.0695. The Balaban J connectivity index is -0.00000120. The first-order valence-corrected chi connectivity index (χ1v) is 25.8. The molecule has 0 saturated carbocycles. The highest BCUT2D eigenvalue weighted by molar-refractivity contribution is 5.77. The van der Waals surface area contributed by atoms with Crippen LogP contribution in [-0.2, 0) is 41.6 Å². The maximum absolute atomic E-state index is 13.1. The molecule has 0 spiro atoms. The number of carbonyl (C=O) groups excluding carboxylic acids is 3. The second kappa shape index (κ2) is 42.7. The molecule has 1 aliphatic heterocycles. The van der Waals surface area contributed by atoms with Crippen molar-refractivity contribution in [2.24, 2.45) is 0 Å². The molecule has 5 N–H and O–H groups in total. The number of aliphatic carboxylic acids is 3. The maximum Gasteiger partial charge on any atom is 0.317 e. The molecule has 17 heteroatoms. The Kier molecular flexibility index (Phi) is 42.3. The van der Waals surface area contributed by atoms with Gasteiger partial charge in [0.2, 0.25) is 11.8 Å². The minimum absolute atomic E-state index is 0.136. The number of rotatable bonds is 23. The van der Waals surface area contributed by atoms with Gasteiger partial charge in [0.15, 0.2) is 0 Å². The zero-order valence-corrected chi connectivity index (χ0v) is 46.6. The number of alkyl halides is 1. The van der Waals surface area contributed by atoms with E-state index in [0.717, 1.165) is 58.3 Å². The highest BCUT2D eigenvalue weighted by Gasteiger charge is 2.31. The third kappa shape index (κ3) is 33.8. The second-order valence-electron chi connectivity index (χ2n) is 18.1. The van der Waals surface area contributed by atoms with E-state index in [1.807, 2.05) is 37.5 Å². The highest BCUT2D eigenvalue weighted by atomic mass is 19.1. The summed E-state index contributed by atoms with van der Waals surface area (Å²) in [4.78, 5) is 78.9. The number of amides is 2. The SMILES string of the molecule is CC.CC.CCN(C(=O)CCc1ccc(C)cc1)C(C)(C)CCCC(C)(CC)NC(=O)CCCc1ccc(C)cc1.CF.CO.O=CCN1CCN(CC(=O)O)CCN(CC(=O)O)CCN(CC(=O)O)CC1. The first kappa shape index (κ1) is 71.4. The number of nitrogens with one attached hydrogen (secondary N) is 1. The lowest BCUT2D eigenvalue weighted by atomic mass is 9.87. The van der Waals surface area contributed by atoms with Crippen molar-refractivity contribution in [1.29, 1.82) is 0 Å². The molecule has 1 fully saturated rings. The van der Waals surface area contributed by atoms with Gasteiger partial charge in [-0.15, -0.1) is 0 Å². The second-order valence-corrected chi connectivity index (χ2v) is 18.1.